The molecule has 3 fully saturated rings. The van der Waals surface area contributed by atoms with Crippen molar-refractivity contribution in [2.24, 2.45) is 11.8 Å². The van der Waals surface area contributed by atoms with Gasteiger partial charge < -0.3 is 15.3 Å². The molecular formula is C13H20N2O3. The lowest BCUT2D eigenvalue weighted by molar-refractivity contribution is -0.140. The molecule has 0 aromatic heterocycles. The first kappa shape index (κ1) is 12.0. The molecule has 3 rings (SSSR count). The summed E-state index contributed by atoms with van der Waals surface area (Å²) in [5.74, 6) is -1.58. The fourth-order valence-electron chi connectivity index (χ4n) is 3.42. The van der Waals surface area contributed by atoms with Crippen LogP contribution < -0.4 is 5.32 Å². The van der Waals surface area contributed by atoms with E-state index in [1.54, 1.807) is 0 Å². The SMILES string of the molecule is O=C(O)C1CC1C(=O)NC1CCN2CCCC2C1. The van der Waals surface area contributed by atoms with Gasteiger partial charge in [-0.25, -0.2) is 0 Å². The Morgan fingerprint density at radius 2 is 1.94 bits per heavy atom. The summed E-state index contributed by atoms with van der Waals surface area (Å²) in [6.07, 6.45) is 5.08. The number of aliphatic carboxylic acids is 1. The molecule has 0 aromatic carbocycles. The number of hydrogen-bond donors (Lipinski definition) is 2. The fourth-order valence-corrected chi connectivity index (χ4v) is 3.42. The number of carbonyl (C=O) groups excluding carboxylic acids is 1. The van der Waals surface area contributed by atoms with Gasteiger partial charge in [-0.15, -0.1) is 0 Å². The van der Waals surface area contributed by atoms with Crippen molar-refractivity contribution < 1.29 is 14.7 Å². The molecule has 5 heteroatoms. The second kappa shape index (κ2) is 4.53. The third kappa shape index (κ3) is 2.23. The van der Waals surface area contributed by atoms with Crippen LogP contribution >= 0.6 is 0 Å². The van der Waals surface area contributed by atoms with Crippen molar-refractivity contribution in [3.05, 3.63) is 0 Å². The van der Waals surface area contributed by atoms with Gasteiger partial charge in [0.25, 0.3) is 0 Å². The third-order valence-electron chi connectivity index (χ3n) is 4.61. The predicted molar refractivity (Wildman–Crippen MR) is 65.0 cm³/mol. The second-order valence-corrected chi connectivity index (χ2v) is 5.85. The number of rotatable bonds is 3. The molecule has 2 saturated heterocycles. The minimum absolute atomic E-state index is 0.0427. The quantitative estimate of drug-likeness (QED) is 0.765. The molecule has 1 amide bonds. The van der Waals surface area contributed by atoms with E-state index in [-0.39, 0.29) is 17.9 Å². The number of carboxylic acids is 1. The molecule has 2 aliphatic heterocycles. The van der Waals surface area contributed by atoms with Crippen LogP contribution in [0.15, 0.2) is 0 Å². The van der Waals surface area contributed by atoms with Crippen molar-refractivity contribution in [3.8, 4) is 0 Å². The minimum Gasteiger partial charge on any atom is -0.481 e. The van der Waals surface area contributed by atoms with Gasteiger partial charge >= 0.3 is 5.97 Å². The van der Waals surface area contributed by atoms with E-state index >= 15 is 0 Å². The summed E-state index contributed by atoms with van der Waals surface area (Å²) in [5.41, 5.74) is 0. The van der Waals surface area contributed by atoms with Crippen LogP contribution in [0.5, 0.6) is 0 Å². The summed E-state index contributed by atoms with van der Waals surface area (Å²) >= 11 is 0. The molecule has 4 unspecified atom stereocenters. The van der Waals surface area contributed by atoms with E-state index in [0.717, 1.165) is 19.4 Å². The Morgan fingerprint density at radius 3 is 2.67 bits per heavy atom. The topological polar surface area (TPSA) is 69.6 Å². The van der Waals surface area contributed by atoms with E-state index in [1.807, 2.05) is 0 Å². The Balaban J connectivity index is 1.49. The predicted octanol–water partition coefficient (Wildman–Crippen LogP) is 0.450. The fraction of sp³-hybridized carbons (Fsp3) is 0.846. The van der Waals surface area contributed by atoms with Gasteiger partial charge in [-0.2, -0.15) is 0 Å². The van der Waals surface area contributed by atoms with Crippen LogP contribution in [0.4, 0.5) is 0 Å². The van der Waals surface area contributed by atoms with Gasteiger partial charge in [-0.1, -0.05) is 0 Å². The lowest BCUT2D eigenvalue weighted by atomic mass is 9.97. The Hall–Kier alpha value is -1.10. The van der Waals surface area contributed by atoms with Crippen LogP contribution in [0, 0.1) is 11.8 Å². The van der Waals surface area contributed by atoms with Gasteiger partial charge in [0.15, 0.2) is 0 Å². The van der Waals surface area contributed by atoms with Crippen LogP contribution in [0.25, 0.3) is 0 Å². The molecule has 100 valence electrons. The first-order chi connectivity index (χ1) is 8.65. The monoisotopic (exact) mass is 252 g/mol. The number of nitrogens with one attached hydrogen (secondary N) is 1. The maximum Gasteiger partial charge on any atom is 0.307 e. The Kier molecular flexibility index (Phi) is 3.01. The Bertz CT molecular complexity index is 371. The van der Waals surface area contributed by atoms with Crippen LogP contribution in [0.2, 0.25) is 0 Å². The van der Waals surface area contributed by atoms with E-state index in [9.17, 15) is 9.59 Å². The van der Waals surface area contributed by atoms with Crippen molar-refractivity contribution >= 4 is 11.9 Å². The molecule has 0 spiro atoms. The molecule has 0 aromatic rings. The molecule has 18 heavy (non-hydrogen) atoms. The van der Waals surface area contributed by atoms with Crippen molar-refractivity contribution in [3.63, 3.8) is 0 Å². The molecule has 0 radical (unpaired) electrons. The number of nitrogens with zero attached hydrogens (tertiary/aromatic N) is 1. The lowest BCUT2D eigenvalue weighted by Crippen LogP contribution is -2.47. The summed E-state index contributed by atoms with van der Waals surface area (Å²) < 4.78 is 0. The summed E-state index contributed by atoms with van der Waals surface area (Å²) in [4.78, 5) is 25.1. The molecule has 1 aliphatic carbocycles. The van der Waals surface area contributed by atoms with Gasteiger partial charge in [0.2, 0.25) is 5.91 Å². The zero-order valence-corrected chi connectivity index (χ0v) is 10.5. The van der Waals surface area contributed by atoms with E-state index < -0.39 is 11.9 Å². The van der Waals surface area contributed by atoms with Gasteiger partial charge in [0.05, 0.1) is 11.8 Å². The molecule has 2 heterocycles. The highest BCUT2D eigenvalue weighted by atomic mass is 16.4. The largest absolute Gasteiger partial charge is 0.481 e. The van der Waals surface area contributed by atoms with E-state index in [4.69, 9.17) is 5.11 Å². The van der Waals surface area contributed by atoms with Crippen molar-refractivity contribution in [2.75, 3.05) is 13.1 Å². The summed E-state index contributed by atoms with van der Waals surface area (Å²) in [6.45, 7) is 2.28. The van der Waals surface area contributed by atoms with Crippen molar-refractivity contribution in [1.82, 2.24) is 10.2 Å². The van der Waals surface area contributed by atoms with Gasteiger partial charge in [0, 0.05) is 18.6 Å². The Labute approximate surface area is 107 Å². The number of fused-ring (bicyclic) bond motifs is 1. The number of hydrogen-bond acceptors (Lipinski definition) is 3. The molecule has 5 nitrogen and oxygen atoms in total. The minimum atomic E-state index is -0.833. The second-order valence-electron chi connectivity index (χ2n) is 5.85. The third-order valence-corrected chi connectivity index (χ3v) is 4.61. The van der Waals surface area contributed by atoms with E-state index in [2.05, 4.69) is 10.2 Å². The highest BCUT2D eigenvalue weighted by Crippen LogP contribution is 2.39. The van der Waals surface area contributed by atoms with E-state index in [0.29, 0.717) is 12.5 Å². The van der Waals surface area contributed by atoms with E-state index in [1.165, 1.54) is 19.4 Å². The summed E-state index contributed by atoms with van der Waals surface area (Å²) in [5, 5.41) is 11.9. The zero-order valence-electron chi connectivity index (χ0n) is 10.5. The number of carbonyl (C=O) groups is 2. The number of carboxylic acid groups (broad SMARTS) is 1. The summed E-state index contributed by atoms with van der Waals surface area (Å²) in [7, 11) is 0. The van der Waals surface area contributed by atoms with Crippen LogP contribution in [0.1, 0.15) is 32.1 Å². The number of amides is 1. The highest BCUT2D eigenvalue weighted by molar-refractivity contribution is 5.89. The Morgan fingerprint density at radius 1 is 1.11 bits per heavy atom. The molecular weight excluding hydrogens is 232 g/mol. The molecule has 4 atom stereocenters. The average molecular weight is 252 g/mol. The van der Waals surface area contributed by atoms with Crippen molar-refractivity contribution in [1.29, 1.82) is 0 Å². The van der Waals surface area contributed by atoms with Crippen molar-refractivity contribution in [2.45, 2.75) is 44.2 Å². The molecule has 2 N–H and O–H groups in total. The maximum absolute atomic E-state index is 11.9. The molecule has 1 saturated carbocycles. The normalized spacial score (nSPS) is 39.1. The molecule has 3 aliphatic rings. The molecule has 0 bridgehead atoms. The van der Waals surface area contributed by atoms with Crippen LogP contribution in [-0.4, -0.2) is 47.1 Å². The maximum atomic E-state index is 11.9. The van der Waals surface area contributed by atoms with Crippen LogP contribution in [-0.2, 0) is 9.59 Å². The lowest BCUT2D eigenvalue weighted by Gasteiger charge is -2.35. The standard InChI is InChI=1S/C13H20N2O3/c16-12(10-7-11(10)13(17)18)14-8-3-5-15-4-1-2-9(15)6-8/h8-11H,1-7H2,(H,14,16)(H,17,18). The first-order valence-electron chi connectivity index (χ1n) is 6.92. The highest BCUT2D eigenvalue weighted by Gasteiger charge is 2.48. The van der Waals surface area contributed by atoms with Crippen LogP contribution in [0.3, 0.4) is 0 Å². The summed E-state index contributed by atoms with van der Waals surface area (Å²) in [6, 6.07) is 0.894. The van der Waals surface area contributed by atoms with Gasteiger partial charge in [0.1, 0.15) is 0 Å². The first-order valence-corrected chi connectivity index (χ1v) is 6.92. The van der Waals surface area contributed by atoms with Gasteiger partial charge in [-0.3, -0.25) is 9.59 Å². The van der Waals surface area contributed by atoms with Gasteiger partial charge in [-0.05, 0) is 38.6 Å². The zero-order chi connectivity index (χ0) is 12.7. The average Bonchev–Trinajstić information content (AvgIpc) is 3.02. The smallest absolute Gasteiger partial charge is 0.307 e. The number of piperidine rings is 1.